The highest BCUT2D eigenvalue weighted by Gasteiger charge is 2.32. The van der Waals surface area contributed by atoms with E-state index in [0.717, 1.165) is 12.6 Å². The molecule has 1 heterocycles. The number of hydrogen-bond donors (Lipinski definition) is 2. The smallest absolute Gasteiger partial charge is 0.447 e. The Labute approximate surface area is 181 Å². The number of benzene rings is 1. The van der Waals surface area contributed by atoms with Crippen LogP contribution in [0.3, 0.4) is 0 Å². The van der Waals surface area contributed by atoms with E-state index in [4.69, 9.17) is 9.47 Å². The average molecular weight is 457 g/mol. The van der Waals surface area contributed by atoms with Gasteiger partial charge in [-0.25, -0.2) is 4.98 Å². The number of amides is 2. The number of ether oxygens (including phenoxy) is 2. The zero-order valence-corrected chi connectivity index (χ0v) is 17.9. The number of rotatable bonds is 8. The third kappa shape index (κ3) is 7.67. The van der Waals surface area contributed by atoms with Gasteiger partial charge < -0.3 is 9.47 Å². The van der Waals surface area contributed by atoms with Crippen molar-refractivity contribution in [2.45, 2.75) is 30.8 Å². The molecule has 31 heavy (non-hydrogen) atoms. The third-order valence-corrected chi connectivity index (χ3v) is 4.65. The number of nitrogens with zero attached hydrogens (tertiary/aromatic N) is 1. The van der Waals surface area contributed by atoms with Crippen molar-refractivity contribution in [2.24, 2.45) is 5.92 Å². The number of alkyl halides is 3. The van der Waals surface area contributed by atoms with Crippen molar-refractivity contribution in [3.8, 4) is 11.5 Å². The van der Waals surface area contributed by atoms with Crippen molar-refractivity contribution in [1.82, 2.24) is 15.8 Å². The second-order valence-corrected chi connectivity index (χ2v) is 7.76. The van der Waals surface area contributed by atoms with Crippen molar-refractivity contribution in [3.05, 3.63) is 47.7 Å². The van der Waals surface area contributed by atoms with Gasteiger partial charge in [0, 0.05) is 23.5 Å². The normalized spacial score (nSPS) is 11.2. The second-order valence-electron chi connectivity index (χ2n) is 6.71. The van der Waals surface area contributed by atoms with Crippen molar-refractivity contribution in [1.29, 1.82) is 0 Å². The molecule has 2 amide bonds. The Hall–Kier alpha value is -2.95. The highest BCUT2D eigenvalue weighted by atomic mass is 32.2. The van der Waals surface area contributed by atoms with Gasteiger partial charge in [-0.3, -0.25) is 20.4 Å². The lowest BCUT2D eigenvalue weighted by molar-refractivity contribution is -0.0329. The summed E-state index contributed by atoms with van der Waals surface area (Å²) in [6.45, 7) is 4.62. The fourth-order valence-electron chi connectivity index (χ4n) is 2.34. The largest absolute Gasteiger partial charge is 0.493 e. The molecule has 2 rings (SSSR count). The zero-order valence-electron chi connectivity index (χ0n) is 17.1. The second kappa shape index (κ2) is 10.9. The minimum absolute atomic E-state index is 0.157. The predicted molar refractivity (Wildman–Crippen MR) is 109 cm³/mol. The first-order valence-corrected chi connectivity index (χ1v) is 10.0. The van der Waals surface area contributed by atoms with Gasteiger partial charge in [0.2, 0.25) is 0 Å². The molecule has 0 fully saturated rings. The highest BCUT2D eigenvalue weighted by Crippen LogP contribution is 2.37. The Morgan fingerprint density at radius 2 is 1.84 bits per heavy atom. The first-order valence-electron chi connectivity index (χ1n) is 9.23. The summed E-state index contributed by atoms with van der Waals surface area (Å²) in [5, 5.41) is -0.522. The molecule has 7 nitrogen and oxygen atoms in total. The Morgan fingerprint density at radius 3 is 2.48 bits per heavy atom. The molecule has 2 aromatic rings. The number of hydrazine groups is 1. The fourth-order valence-corrected chi connectivity index (χ4v) is 2.94. The van der Waals surface area contributed by atoms with Gasteiger partial charge in [-0.05, 0) is 42.7 Å². The van der Waals surface area contributed by atoms with Crippen LogP contribution in [0.15, 0.2) is 41.6 Å². The van der Waals surface area contributed by atoms with Gasteiger partial charge in [0.05, 0.1) is 19.3 Å². The number of methoxy groups -OCH3 is 1. The first-order chi connectivity index (χ1) is 14.6. The molecule has 0 radical (unpaired) electrons. The summed E-state index contributed by atoms with van der Waals surface area (Å²) in [6, 6.07) is 6.97. The summed E-state index contributed by atoms with van der Waals surface area (Å²) in [5.41, 5.74) is -0.521. The summed E-state index contributed by atoms with van der Waals surface area (Å²) < 4.78 is 48.8. The maximum Gasteiger partial charge on any atom is 0.447 e. The minimum Gasteiger partial charge on any atom is -0.493 e. The van der Waals surface area contributed by atoms with E-state index in [-0.39, 0.29) is 11.1 Å². The maximum absolute atomic E-state index is 12.6. The quantitative estimate of drug-likeness (QED) is 0.456. The standard InChI is InChI=1S/C20H22F3N3O4S/c1-12(2)8-10-30-15-7-6-13(11-16(15)29-3)17(27)25-26-18(28)14-5-4-9-24-19(14)31-20(21,22)23/h4-7,9,11-12H,8,10H2,1-3H3,(H,25,27)(H,26,28). The molecule has 0 saturated heterocycles. The van der Waals surface area contributed by atoms with Crippen LogP contribution in [0.4, 0.5) is 13.2 Å². The number of carbonyl (C=O) groups excluding carboxylic acids is 2. The lowest BCUT2D eigenvalue weighted by atomic mass is 10.1. The highest BCUT2D eigenvalue weighted by molar-refractivity contribution is 8.00. The van der Waals surface area contributed by atoms with Gasteiger partial charge in [-0.2, -0.15) is 13.2 Å². The molecule has 168 valence electrons. The van der Waals surface area contributed by atoms with E-state index >= 15 is 0 Å². The number of hydrogen-bond acceptors (Lipinski definition) is 6. The topological polar surface area (TPSA) is 89.6 Å². The number of nitrogens with one attached hydrogen (secondary N) is 2. The molecule has 0 aliphatic heterocycles. The van der Waals surface area contributed by atoms with Gasteiger partial charge in [0.15, 0.2) is 11.5 Å². The van der Waals surface area contributed by atoms with Crippen molar-refractivity contribution in [3.63, 3.8) is 0 Å². The van der Waals surface area contributed by atoms with Crippen LogP contribution >= 0.6 is 11.8 Å². The van der Waals surface area contributed by atoms with E-state index < -0.39 is 34.1 Å². The number of aromatic nitrogens is 1. The molecule has 11 heteroatoms. The van der Waals surface area contributed by atoms with Crippen LogP contribution in [-0.4, -0.2) is 36.0 Å². The molecular formula is C20H22F3N3O4S. The minimum atomic E-state index is -4.61. The average Bonchev–Trinajstić information content (AvgIpc) is 2.70. The van der Waals surface area contributed by atoms with Gasteiger partial charge >= 0.3 is 5.51 Å². The Morgan fingerprint density at radius 1 is 1.13 bits per heavy atom. The van der Waals surface area contributed by atoms with Gasteiger partial charge in [0.1, 0.15) is 5.03 Å². The van der Waals surface area contributed by atoms with Crippen LogP contribution in [0, 0.1) is 5.92 Å². The van der Waals surface area contributed by atoms with E-state index in [1.165, 1.54) is 31.4 Å². The van der Waals surface area contributed by atoms with Crippen molar-refractivity contribution >= 4 is 23.6 Å². The van der Waals surface area contributed by atoms with Crippen LogP contribution in [0.5, 0.6) is 11.5 Å². The summed E-state index contributed by atoms with van der Waals surface area (Å²) in [4.78, 5) is 28.2. The molecule has 0 aliphatic rings. The lowest BCUT2D eigenvalue weighted by Gasteiger charge is -2.14. The van der Waals surface area contributed by atoms with E-state index in [9.17, 15) is 22.8 Å². The SMILES string of the molecule is COc1cc(C(=O)NNC(=O)c2cccnc2SC(F)(F)F)ccc1OCCC(C)C. The molecule has 0 unspecified atom stereocenters. The number of carbonyl (C=O) groups is 2. The van der Waals surface area contributed by atoms with E-state index in [0.29, 0.717) is 24.0 Å². The Bertz CT molecular complexity index is 923. The first kappa shape index (κ1) is 24.3. The molecule has 1 aromatic carbocycles. The monoisotopic (exact) mass is 457 g/mol. The molecule has 0 aliphatic carbocycles. The lowest BCUT2D eigenvalue weighted by Crippen LogP contribution is -2.41. The summed E-state index contributed by atoms with van der Waals surface area (Å²) in [5.74, 6) is -0.357. The molecular weight excluding hydrogens is 435 g/mol. The predicted octanol–water partition coefficient (Wildman–Crippen LogP) is 4.20. The molecule has 0 atom stereocenters. The fraction of sp³-hybridized carbons (Fsp3) is 0.350. The van der Waals surface area contributed by atoms with E-state index in [1.807, 2.05) is 0 Å². The number of thioether (sulfide) groups is 1. The summed E-state index contributed by atoms with van der Waals surface area (Å²) >= 11 is -0.514. The molecule has 0 bridgehead atoms. The summed E-state index contributed by atoms with van der Waals surface area (Å²) in [6.07, 6.45) is 1.99. The van der Waals surface area contributed by atoms with Crippen LogP contribution in [0.2, 0.25) is 0 Å². The van der Waals surface area contributed by atoms with Gasteiger partial charge in [-0.15, -0.1) is 0 Å². The van der Waals surface area contributed by atoms with Gasteiger partial charge in [-0.1, -0.05) is 13.8 Å². The number of halogens is 3. The van der Waals surface area contributed by atoms with E-state index in [2.05, 4.69) is 29.7 Å². The summed E-state index contributed by atoms with van der Waals surface area (Å²) in [7, 11) is 1.43. The Balaban J connectivity index is 2.03. The van der Waals surface area contributed by atoms with Gasteiger partial charge in [0.25, 0.3) is 11.8 Å². The maximum atomic E-state index is 12.6. The molecule has 1 aromatic heterocycles. The van der Waals surface area contributed by atoms with Crippen molar-refractivity contribution in [2.75, 3.05) is 13.7 Å². The van der Waals surface area contributed by atoms with Crippen LogP contribution in [0.1, 0.15) is 41.0 Å². The molecule has 0 saturated carbocycles. The van der Waals surface area contributed by atoms with E-state index in [1.54, 1.807) is 6.07 Å². The molecule has 2 N–H and O–H groups in total. The number of pyridine rings is 1. The molecule has 0 spiro atoms. The zero-order chi connectivity index (χ0) is 23.0. The third-order valence-electron chi connectivity index (χ3n) is 3.90. The van der Waals surface area contributed by atoms with Crippen LogP contribution in [-0.2, 0) is 0 Å². The van der Waals surface area contributed by atoms with Crippen LogP contribution < -0.4 is 20.3 Å². The Kier molecular flexibility index (Phi) is 8.55. The van der Waals surface area contributed by atoms with Crippen LogP contribution in [0.25, 0.3) is 0 Å². The van der Waals surface area contributed by atoms with Crippen molar-refractivity contribution < 1.29 is 32.2 Å².